The largest absolute Gasteiger partial charge is 0.497 e. The quantitative estimate of drug-likeness (QED) is 0.856. The molecule has 0 aliphatic heterocycles. The molecule has 0 saturated carbocycles. The van der Waals surface area contributed by atoms with Gasteiger partial charge in [0.05, 0.1) is 13.2 Å². The summed E-state index contributed by atoms with van der Waals surface area (Å²) in [7, 11) is 1.60. The molecule has 2 N–H and O–H groups in total. The zero-order valence-corrected chi connectivity index (χ0v) is 13.2. The highest BCUT2D eigenvalue weighted by molar-refractivity contribution is 6.30. The van der Waals surface area contributed by atoms with Crippen molar-refractivity contribution < 1.29 is 14.6 Å². The van der Waals surface area contributed by atoms with E-state index in [1.165, 1.54) is 6.92 Å². The predicted molar refractivity (Wildman–Crippen MR) is 87.5 cm³/mol. The van der Waals surface area contributed by atoms with Crippen molar-refractivity contribution in [3.05, 3.63) is 59.1 Å². The number of hydrogen-bond donors (Lipinski definition) is 2. The van der Waals surface area contributed by atoms with Crippen LogP contribution in [0.4, 0.5) is 5.69 Å². The topological polar surface area (TPSA) is 58.6 Å². The molecule has 2 atom stereocenters. The van der Waals surface area contributed by atoms with Crippen molar-refractivity contribution in [2.75, 3.05) is 12.4 Å². The summed E-state index contributed by atoms with van der Waals surface area (Å²) < 4.78 is 5.11. The van der Waals surface area contributed by atoms with Crippen molar-refractivity contribution in [1.82, 2.24) is 0 Å². The molecule has 0 aliphatic carbocycles. The third-order valence-corrected chi connectivity index (χ3v) is 3.63. The maximum Gasteiger partial charge on any atom is 0.160 e. The zero-order valence-electron chi connectivity index (χ0n) is 12.4. The van der Waals surface area contributed by atoms with Gasteiger partial charge in [0.1, 0.15) is 11.9 Å². The SMILES string of the molecule is COc1ccc(N[C@H](c2ccc(Cl)cc2)[C@H](O)C(C)=O)cc1. The minimum atomic E-state index is -1.15. The van der Waals surface area contributed by atoms with Crippen molar-refractivity contribution in [3.8, 4) is 5.75 Å². The van der Waals surface area contributed by atoms with E-state index in [1.807, 2.05) is 12.1 Å². The summed E-state index contributed by atoms with van der Waals surface area (Å²) in [6.07, 6.45) is -1.15. The van der Waals surface area contributed by atoms with Gasteiger partial charge >= 0.3 is 0 Å². The summed E-state index contributed by atoms with van der Waals surface area (Å²) in [5, 5.41) is 14.0. The van der Waals surface area contributed by atoms with Gasteiger partial charge in [-0.15, -0.1) is 0 Å². The lowest BCUT2D eigenvalue weighted by Crippen LogP contribution is -2.31. The van der Waals surface area contributed by atoms with Crippen LogP contribution in [0, 0.1) is 0 Å². The summed E-state index contributed by atoms with van der Waals surface area (Å²) in [5.41, 5.74) is 1.56. The van der Waals surface area contributed by atoms with E-state index in [2.05, 4.69) is 5.32 Å². The first-order valence-corrected chi connectivity index (χ1v) is 7.23. The molecule has 116 valence electrons. The van der Waals surface area contributed by atoms with Crippen LogP contribution in [0.25, 0.3) is 0 Å². The van der Waals surface area contributed by atoms with Gasteiger partial charge in [-0.05, 0) is 48.9 Å². The third kappa shape index (κ3) is 4.00. The first kappa shape index (κ1) is 16.3. The van der Waals surface area contributed by atoms with Crippen LogP contribution >= 0.6 is 11.6 Å². The zero-order chi connectivity index (χ0) is 16.1. The highest BCUT2D eigenvalue weighted by atomic mass is 35.5. The molecule has 2 aromatic carbocycles. The Balaban J connectivity index is 2.27. The number of carbonyl (C=O) groups is 1. The lowest BCUT2D eigenvalue weighted by atomic mass is 9.98. The number of nitrogens with one attached hydrogen (secondary N) is 1. The van der Waals surface area contributed by atoms with E-state index >= 15 is 0 Å². The minimum absolute atomic E-state index is 0.305. The first-order chi connectivity index (χ1) is 10.5. The molecule has 0 aliphatic rings. The monoisotopic (exact) mass is 319 g/mol. The molecule has 0 radical (unpaired) electrons. The third-order valence-electron chi connectivity index (χ3n) is 3.37. The van der Waals surface area contributed by atoms with Crippen LogP contribution in [-0.4, -0.2) is 24.1 Å². The Hall–Kier alpha value is -2.04. The number of Topliss-reactive ketones (excluding diaryl/α,β-unsaturated/α-hetero) is 1. The van der Waals surface area contributed by atoms with Crippen LogP contribution in [0.2, 0.25) is 5.02 Å². The fourth-order valence-corrected chi connectivity index (χ4v) is 2.24. The van der Waals surface area contributed by atoms with Gasteiger partial charge in [0.15, 0.2) is 5.78 Å². The Kier molecular flexibility index (Phi) is 5.41. The second kappa shape index (κ2) is 7.29. The molecule has 2 aromatic rings. The summed E-state index contributed by atoms with van der Waals surface area (Å²) in [4.78, 5) is 11.6. The van der Waals surface area contributed by atoms with Crippen molar-refractivity contribution in [1.29, 1.82) is 0 Å². The predicted octanol–water partition coefficient (Wildman–Crippen LogP) is 3.45. The molecular weight excluding hydrogens is 302 g/mol. The maximum atomic E-state index is 11.6. The van der Waals surface area contributed by atoms with Gasteiger partial charge in [0, 0.05) is 10.7 Å². The van der Waals surface area contributed by atoms with Crippen molar-refractivity contribution in [2.24, 2.45) is 0 Å². The van der Waals surface area contributed by atoms with Crippen LogP contribution in [0.3, 0.4) is 0 Å². The van der Waals surface area contributed by atoms with E-state index in [4.69, 9.17) is 16.3 Å². The number of hydrogen-bond acceptors (Lipinski definition) is 4. The Labute approximate surface area is 134 Å². The number of anilines is 1. The molecule has 0 fully saturated rings. The highest BCUT2D eigenvalue weighted by Crippen LogP contribution is 2.26. The van der Waals surface area contributed by atoms with Gasteiger partial charge in [0.2, 0.25) is 0 Å². The number of methoxy groups -OCH3 is 1. The second-order valence-electron chi connectivity index (χ2n) is 4.96. The number of aliphatic hydroxyl groups is 1. The molecular formula is C17H18ClNO3. The van der Waals surface area contributed by atoms with Gasteiger partial charge in [0.25, 0.3) is 0 Å². The number of benzene rings is 2. The average molecular weight is 320 g/mol. The standard InChI is InChI=1S/C17H18ClNO3/c1-11(20)17(21)16(12-3-5-13(18)6-4-12)19-14-7-9-15(22-2)10-8-14/h3-10,16-17,19,21H,1-2H3/t16-,17-/m1/s1. The van der Waals surface area contributed by atoms with Crippen molar-refractivity contribution in [3.63, 3.8) is 0 Å². The fraction of sp³-hybridized carbons (Fsp3) is 0.235. The van der Waals surface area contributed by atoms with E-state index < -0.39 is 12.1 Å². The lowest BCUT2D eigenvalue weighted by molar-refractivity contribution is -0.125. The average Bonchev–Trinajstić information content (AvgIpc) is 2.53. The number of ketones is 1. The number of aliphatic hydroxyl groups excluding tert-OH is 1. The van der Waals surface area contributed by atoms with Crippen molar-refractivity contribution in [2.45, 2.75) is 19.1 Å². The number of rotatable bonds is 6. The van der Waals surface area contributed by atoms with E-state index in [0.29, 0.717) is 5.02 Å². The highest BCUT2D eigenvalue weighted by Gasteiger charge is 2.24. The van der Waals surface area contributed by atoms with E-state index in [0.717, 1.165) is 17.0 Å². The number of ether oxygens (including phenoxy) is 1. The second-order valence-corrected chi connectivity index (χ2v) is 5.39. The summed E-state index contributed by atoms with van der Waals surface area (Å²) in [5.74, 6) is 0.432. The van der Waals surface area contributed by atoms with Gasteiger partial charge in [-0.25, -0.2) is 0 Å². The Morgan fingerprint density at radius 3 is 2.23 bits per heavy atom. The Bertz CT molecular complexity index is 625. The van der Waals surface area contributed by atoms with Gasteiger partial charge in [-0.2, -0.15) is 0 Å². The smallest absolute Gasteiger partial charge is 0.160 e. The van der Waals surface area contributed by atoms with E-state index in [1.54, 1.807) is 43.5 Å². The summed E-state index contributed by atoms with van der Waals surface area (Å²) >= 11 is 5.89. The molecule has 4 nitrogen and oxygen atoms in total. The molecule has 0 unspecified atom stereocenters. The molecule has 0 bridgehead atoms. The van der Waals surface area contributed by atoms with Gasteiger partial charge < -0.3 is 15.2 Å². The molecule has 5 heteroatoms. The van der Waals surface area contributed by atoms with Gasteiger partial charge in [-0.1, -0.05) is 23.7 Å². The normalized spacial score (nSPS) is 13.3. The fourth-order valence-electron chi connectivity index (χ4n) is 2.12. The summed E-state index contributed by atoms with van der Waals surface area (Å²) in [6.45, 7) is 1.36. The number of halogens is 1. The van der Waals surface area contributed by atoms with E-state index in [-0.39, 0.29) is 5.78 Å². The Morgan fingerprint density at radius 2 is 1.73 bits per heavy atom. The summed E-state index contributed by atoms with van der Waals surface area (Å²) in [6, 6.07) is 13.7. The maximum absolute atomic E-state index is 11.6. The van der Waals surface area contributed by atoms with Crippen LogP contribution in [0.1, 0.15) is 18.5 Å². The number of carbonyl (C=O) groups excluding carboxylic acids is 1. The van der Waals surface area contributed by atoms with Crippen LogP contribution in [-0.2, 0) is 4.79 Å². The molecule has 0 spiro atoms. The minimum Gasteiger partial charge on any atom is -0.497 e. The van der Waals surface area contributed by atoms with Gasteiger partial charge in [-0.3, -0.25) is 4.79 Å². The molecule has 0 heterocycles. The molecule has 0 saturated heterocycles. The van der Waals surface area contributed by atoms with Crippen LogP contribution < -0.4 is 10.1 Å². The lowest BCUT2D eigenvalue weighted by Gasteiger charge is -2.24. The molecule has 0 amide bonds. The van der Waals surface area contributed by atoms with Crippen LogP contribution in [0.5, 0.6) is 5.75 Å². The molecule has 0 aromatic heterocycles. The first-order valence-electron chi connectivity index (χ1n) is 6.86. The van der Waals surface area contributed by atoms with Crippen LogP contribution in [0.15, 0.2) is 48.5 Å². The van der Waals surface area contributed by atoms with E-state index in [9.17, 15) is 9.90 Å². The Morgan fingerprint density at radius 1 is 1.14 bits per heavy atom. The molecule has 2 rings (SSSR count). The molecule has 22 heavy (non-hydrogen) atoms. The van der Waals surface area contributed by atoms with Crippen molar-refractivity contribution >= 4 is 23.1 Å².